The predicted molar refractivity (Wildman–Crippen MR) is 168 cm³/mol. The first-order chi connectivity index (χ1) is 20.6. The number of ether oxygens (including phenoxy) is 3. The van der Waals surface area contributed by atoms with Crippen LogP contribution in [0.1, 0.15) is 66.6 Å². The molecule has 5 heteroatoms. The predicted octanol–water partition coefficient (Wildman–Crippen LogP) is 8.59. The van der Waals surface area contributed by atoms with Gasteiger partial charge in [-0.15, -0.1) is 0 Å². The van der Waals surface area contributed by atoms with Crippen molar-refractivity contribution in [2.24, 2.45) is 5.92 Å². The molecule has 0 saturated carbocycles. The van der Waals surface area contributed by atoms with Crippen LogP contribution in [0.15, 0.2) is 97.1 Å². The summed E-state index contributed by atoms with van der Waals surface area (Å²) in [4.78, 5) is 23.9. The van der Waals surface area contributed by atoms with Gasteiger partial charge in [-0.25, -0.2) is 4.79 Å². The number of carbonyl (C=O) groups excluding carboxylic acids is 2. The second-order valence-electron chi connectivity index (χ2n) is 10.3. The Bertz CT molecular complexity index is 1470. The van der Waals surface area contributed by atoms with Crippen molar-refractivity contribution >= 4 is 28.8 Å². The van der Waals surface area contributed by atoms with E-state index in [-0.39, 0.29) is 17.9 Å². The van der Waals surface area contributed by atoms with E-state index in [4.69, 9.17) is 14.2 Å². The summed E-state index contributed by atoms with van der Waals surface area (Å²) >= 11 is 0. The molecule has 0 aromatic heterocycles. The molecule has 4 aromatic rings. The molecule has 0 amide bonds. The lowest BCUT2D eigenvalue weighted by molar-refractivity contribution is -0.143. The molecular formula is C37H40O5. The number of fused-ring (bicyclic) bond motifs is 1. The summed E-state index contributed by atoms with van der Waals surface area (Å²) in [6.07, 6.45) is 8.25. The fourth-order valence-corrected chi connectivity index (χ4v) is 5.03. The lowest BCUT2D eigenvalue weighted by Gasteiger charge is -2.15. The molecule has 5 nitrogen and oxygen atoms in total. The van der Waals surface area contributed by atoms with Gasteiger partial charge < -0.3 is 14.2 Å². The van der Waals surface area contributed by atoms with Crippen LogP contribution in [0, 0.1) is 5.92 Å². The maximum atomic E-state index is 12.1. The van der Waals surface area contributed by atoms with Crippen LogP contribution < -0.4 is 4.74 Å². The largest absolute Gasteiger partial charge is 0.488 e. The van der Waals surface area contributed by atoms with Crippen molar-refractivity contribution in [3.63, 3.8) is 0 Å². The van der Waals surface area contributed by atoms with E-state index in [1.807, 2.05) is 49.4 Å². The summed E-state index contributed by atoms with van der Waals surface area (Å²) in [7, 11) is 0. The van der Waals surface area contributed by atoms with Crippen molar-refractivity contribution in [3.8, 4) is 5.75 Å². The first kappa shape index (κ1) is 30.6. The molecule has 42 heavy (non-hydrogen) atoms. The Morgan fingerprint density at radius 3 is 2.33 bits per heavy atom. The van der Waals surface area contributed by atoms with Gasteiger partial charge in [0, 0.05) is 12.0 Å². The molecule has 218 valence electrons. The van der Waals surface area contributed by atoms with E-state index in [1.165, 1.54) is 10.8 Å². The van der Waals surface area contributed by atoms with E-state index < -0.39 is 0 Å². The molecule has 0 radical (unpaired) electrons. The van der Waals surface area contributed by atoms with E-state index in [1.54, 1.807) is 6.92 Å². The molecule has 1 atom stereocenters. The van der Waals surface area contributed by atoms with Crippen molar-refractivity contribution in [3.05, 3.63) is 119 Å². The highest BCUT2D eigenvalue weighted by Gasteiger charge is 2.11. The van der Waals surface area contributed by atoms with Crippen LogP contribution in [0.3, 0.4) is 0 Å². The number of para-hydroxylation sites is 1. The zero-order valence-corrected chi connectivity index (χ0v) is 24.6. The number of rotatable bonds is 15. The van der Waals surface area contributed by atoms with Gasteiger partial charge in [0.2, 0.25) is 0 Å². The Morgan fingerprint density at radius 1 is 0.786 bits per heavy atom. The summed E-state index contributed by atoms with van der Waals surface area (Å²) in [6, 6.07) is 30.4. The molecule has 0 spiro atoms. The lowest BCUT2D eigenvalue weighted by atomic mass is 9.92. The van der Waals surface area contributed by atoms with Crippen molar-refractivity contribution in [1.82, 2.24) is 0 Å². The van der Waals surface area contributed by atoms with Gasteiger partial charge in [-0.05, 0) is 79.1 Å². The summed E-state index contributed by atoms with van der Waals surface area (Å²) in [5.41, 5.74) is 3.87. The molecule has 0 fully saturated rings. The molecule has 0 saturated heterocycles. The number of unbranched alkanes of at least 4 members (excludes halogenated alkanes) is 1. The first-order valence-electron chi connectivity index (χ1n) is 14.9. The lowest BCUT2D eigenvalue weighted by Crippen LogP contribution is -2.06. The molecular weight excluding hydrogens is 524 g/mol. The highest BCUT2D eigenvalue weighted by Crippen LogP contribution is 2.26. The molecule has 0 bridgehead atoms. The van der Waals surface area contributed by atoms with E-state index in [9.17, 15) is 9.59 Å². The molecule has 0 aliphatic rings. The number of hydrogen-bond acceptors (Lipinski definition) is 5. The summed E-state index contributed by atoms with van der Waals surface area (Å²) in [5.74, 6) is 0.629. The number of benzene rings is 4. The maximum Gasteiger partial charge on any atom is 0.338 e. The molecule has 0 aliphatic heterocycles. The molecule has 1 unspecified atom stereocenters. The summed E-state index contributed by atoms with van der Waals surface area (Å²) in [5, 5.41) is 2.40. The topological polar surface area (TPSA) is 61.8 Å². The van der Waals surface area contributed by atoms with Crippen molar-refractivity contribution in [1.29, 1.82) is 0 Å². The van der Waals surface area contributed by atoms with Gasteiger partial charge in [0.25, 0.3) is 0 Å². The van der Waals surface area contributed by atoms with Crippen LogP contribution in [0.4, 0.5) is 0 Å². The van der Waals surface area contributed by atoms with Crippen LogP contribution in [0.25, 0.3) is 16.8 Å². The van der Waals surface area contributed by atoms with E-state index in [2.05, 4.69) is 60.7 Å². The summed E-state index contributed by atoms with van der Waals surface area (Å²) in [6.45, 7) is 4.88. The Morgan fingerprint density at radius 2 is 1.52 bits per heavy atom. The van der Waals surface area contributed by atoms with Crippen LogP contribution in [0.2, 0.25) is 0 Å². The standard InChI is InChI=1S/C37H40O5/c1-3-40-36(38)19-10-5-12-28(26-29-21-24-32(25-22-29)37(39)41-4-2)20-23-31-14-7-9-18-35(31)42-27-33-16-11-15-30-13-6-8-17-34(30)33/h6-9,11,13-18,20-25,28H,3-5,10,12,19,26-27H2,1-2H3/b23-20+. The van der Waals surface area contributed by atoms with Gasteiger partial charge in [-0.3, -0.25) is 4.79 Å². The second kappa shape index (κ2) is 16.2. The van der Waals surface area contributed by atoms with Crippen LogP contribution in [-0.2, 0) is 27.3 Å². The van der Waals surface area contributed by atoms with Crippen LogP contribution >= 0.6 is 0 Å². The molecule has 0 N–H and O–H groups in total. The SMILES string of the molecule is CCOC(=O)CCCCC(/C=C/c1ccccc1OCc1cccc2ccccc12)Cc1ccc(C(=O)OCC)cc1. The maximum absolute atomic E-state index is 12.1. The smallest absolute Gasteiger partial charge is 0.338 e. The number of esters is 2. The van der Waals surface area contributed by atoms with Crippen molar-refractivity contribution in [2.75, 3.05) is 13.2 Å². The zero-order valence-electron chi connectivity index (χ0n) is 24.6. The monoisotopic (exact) mass is 564 g/mol. The van der Waals surface area contributed by atoms with Crippen LogP contribution in [-0.4, -0.2) is 25.2 Å². The Hall–Kier alpha value is -4.38. The fourth-order valence-electron chi connectivity index (χ4n) is 5.03. The summed E-state index contributed by atoms with van der Waals surface area (Å²) < 4.78 is 16.5. The molecule has 4 aromatic carbocycles. The Balaban J connectivity index is 1.46. The molecule has 0 heterocycles. The highest BCUT2D eigenvalue weighted by atomic mass is 16.5. The minimum absolute atomic E-state index is 0.142. The van der Waals surface area contributed by atoms with Crippen LogP contribution in [0.5, 0.6) is 5.75 Å². The van der Waals surface area contributed by atoms with E-state index in [0.717, 1.165) is 48.1 Å². The van der Waals surface area contributed by atoms with Crippen molar-refractivity contribution < 1.29 is 23.8 Å². The second-order valence-corrected chi connectivity index (χ2v) is 10.3. The fraction of sp³-hybridized carbons (Fsp3) is 0.297. The average Bonchev–Trinajstić information content (AvgIpc) is 3.01. The minimum Gasteiger partial charge on any atom is -0.488 e. The Kier molecular flexibility index (Phi) is 11.8. The van der Waals surface area contributed by atoms with Gasteiger partial charge in [0.1, 0.15) is 12.4 Å². The minimum atomic E-state index is -0.306. The third-order valence-corrected chi connectivity index (χ3v) is 7.20. The van der Waals surface area contributed by atoms with Gasteiger partial charge >= 0.3 is 11.9 Å². The number of carbonyl (C=O) groups is 2. The highest BCUT2D eigenvalue weighted by molar-refractivity contribution is 5.89. The molecule has 0 aliphatic carbocycles. The third-order valence-electron chi connectivity index (χ3n) is 7.20. The Labute approximate surface area is 249 Å². The number of hydrogen-bond donors (Lipinski definition) is 0. The third kappa shape index (κ3) is 9.07. The van der Waals surface area contributed by atoms with Crippen molar-refractivity contribution in [2.45, 2.75) is 52.6 Å². The first-order valence-corrected chi connectivity index (χ1v) is 14.9. The average molecular weight is 565 g/mol. The molecule has 4 rings (SSSR count). The van der Waals surface area contributed by atoms with Gasteiger partial charge in [-0.2, -0.15) is 0 Å². The van der Waals surface area contributed by atoms with Gasteiger partial charge in [0.05, 0.1) is 18.8 Å². The van der Waals surface area contributed by atoms with E-state index >= 15 is 0 Å². The number of allylic oxidation sites excluding steroid dienone is 1. The normalized spacial score (nSPS) is 11.9. The van der Waals surface area contributed by atoms with E-state index in [0.29, 0.717) is 31.8 Å². The van der Waals surface area contributed by atoms with Gasteiger partial charge in [0.15, 0.2) is 0 Å². The zero-order chi connectivity index (χ0) is 29.6. The van der Waals surface area contributed by atoms with Gasteiger partial charge in [-0.1, -0.05) is 91.4 Å². The quantitative estimate of drug-likeness (QED) is 0.107.